The lowest BCUT2D eigenvalue weighted by Gasteiger charge is -2.28. The van der Waals surface area contributed by atoms with Gasteiger partial charge in [0.15, 0.2) is 0 Å². The molecule has 8 nitrogen and oxygen atoms in total. The molecule has 1 saturated heterocycles. The van der Waals surface area contributed by atoms with E-state index in [0.29, 0.717) is 41.5 Å². The number of hydrogen-bond donors (Lipinski definition) is 2. The van der Waals surface area contributed by atoms with E-state index in [2.05, 4.69) is 20.3 Å². The number of nitrogens with one attached hydrogen (secondary N) is 1. The first-order valence-corrected chi connectivity index (χ1v) is 9.06. The molecule has 10 heteroatoms. The molecule has 3 aromatic rings. The largest absolute Gasteiger partial charge is 0.497 e. The number of nitrogens with zero attached hydrogens (tertiary/aromatic N) is 3. The molecule has 1 aliphatic rings. The third kappa shape index (κ3) is 3.94. The molecule has 0 aliphatic carbocycles. The first-order valence-electron chi connectivity index (χ1n) is 9.06. The fourth-order valence-corrected chi connectivity index (χ4v) is 3.32. The van der Waals surface area contributed by atoms with E-state index in [1.54, 1.807) is 34.9 Å². The van der Waals surface area contributed by atoms with Crippen LogP contribution >= 0.6 is 0 Å². The highest BCUT2D eigenvalue weighted by Gasteiger charge is 2.25. The molecule has 0 unspecified atom stereocenters. The van der Waals surface area contributed by atoms with Crippen molar-refractivity contribution in [2.45, 2.75) is 25.2 Å². The maximum Gasteiger partial charge on any atom is 0.387 e. The number of alkyl halides is 2. The Morgan fingerprint density at radius 1 is 1.31 bits per heavy atom. The van der Waals surface area contributed by atoms with Crippen LogP contribution in [-0.4, -0.2) is 58.8 Å². The van der Waals surface area contributed by atoms with Gasteiger partial charge in [-0.3, -0.25) is 4.40 Å². The summed E-state index contributed by atoms with van der Waals surface area (Å²) in [4.78, 5) is 0. The summed E-state index contributed by atoms with van der Waals surface area (Å²) in [6, 6.07) is 7.99. The molecule has 29 heavy (non-hydrogen) atoms. The van der Waals surface area contributed by atoms with Crippen molar-refractivity contribution in [3.05, 3.63) is 36.5 Å². The number of aliphatic hydroxyl groups is 1. The lowest BCUT2D eigenvalue weighted by atomic mass is 10.1. The molecule has 4 rings (SSSR count). The number of hydrogen-bond acceptors (Lipinski definition) is 7. The number of fused-ring (bicyclic) bond motifs is 1. The number of rotatable bonds is 6. The topological polar surface area (TPSA) is 90.1 Å². The van der Waals surface area contributed by atoms with Crippen LogP contribution in [0.5, 0.6) is 11.5 Å². The minimum atomic E-state index is -2.99. The van der Waals surface area contributed by atoms with E-state index < -0.39 is 12.7 Å². The van der Waals surface area contributed by atoms with Gasteiger partial charge in [-0.05, 0) is 30.7 Å². The van der Waals surface area contributed by atoms with Gasteiger partial charge in [0.25, 0.3) is 0 Å². The molecule has 0 amide bonds. The number of aliphatic hydroxyl groups excluding tert-OH is 1. The molecule has 1 aromatic carbocycles. The standard InChI is InChI=1S/C19H20F2N4O4/c1-27-11-4-5-12(16(9-11)29-18(20)21)17-14-3-2-7-25(14)19(24-23-17)22-13-6-8-28-10-15(13)26/h2-5,7,9,13,15,18,26H,6,8,10H2,1H3,(H,22,24)/t13-,15-/m1/s1. The van der Waals surface area contributed by atoms with Gasteiger partial charge >= 0.3 is 6.61 Å². The number of halogens is 2. The monoisotopic (exact) mass is 406 g/mol. The Hall–Kier alpha value is -2.98. The Morgan fingerprint density at radius 2 is 2.17 bits per heavy atom. The van der Waals surface area contributed by atoms with Gasteiger partial charge in [-0.1, -0.05) is 0 Å². The molecule has 2 N–H and O–H groups in total. The summed E-state index contributed by atoms with van der Waals surface area (Å²) in [5.41, 5.74) is 1.39. The van der Waals surface area contributed by atoms with E-state index >= 15 is 0 Å². The predicted octanol–water partition coefficient (Wildman–Crippen LogP) is 2.57. The van der Waals surface area contributed by atoms with Gasteiger partial charge in [-0.15, -0.1) is 10.2 Å². The van der Waals surface area contributed by atoms with Gasteiger partial charge in [-0.25, -0.2) is 0 Å². The number of methoxy groups -OCH3 is 1. The molecular formula is C19H20F2N4O4. The summed E-state index contributed by atoms with van der Waals surface area (Å²) >= 11 is 0. The third-order valence-electron chi connectivity index (χ3n) is 4.77. The summed E-state index contributed by atoms with van der Waals surface area (Å²) in [7, 11) is 1.44. The lowest BCUT2D eigenvalue weighted by molar-refractivity contribution is -0.0495. The highest BCUT2D eigenvalue weighted by atomic mass is 19.3. The second kappa shape index (κ2) is 8.18. The minimum Gasteiger partial charge on any atom is -0.497 e. The zero-order valence-electron chi connectivity index (χ0n) is 15.6. The Balaban J connectivity index is 1.74. The number of anilines is 1. The lowest BCUT2D eigenvalue weighted by Crippen LogP contribution is -2.42. The molecule has 0 radical (unpaired) electrons. The quantitative estimate of drug-likeness (QED) is 0.650. The molecule has 1 fully saturated rings. The molecule has 2 aromatic heterocycles. The molecule has 0 bridgehead atoms. The van der Waals surface area contributed by atoms with Crippen LogP contribution in [0.2, 0.25) is 0 Å². The van der Waals surface area contributed by atoms with Crippen molar-refractivity contribution < 1.29 is 28.1 Å². The first-order chi connectivity index (χ1) is 14.1. The first kappa shape index (κ1) is 19.3. The Labute approximate surface area is 165 Å². The van der Waals surface area contributed by atoms with Crippen LogP contribution in [0.15, 0.2) is 36.5 Å². The van der Waals surface area contributed by atoms with Crippen molar-refractivity contribution in [3.8, 4) is 22.8 Å². The second-order valence-corrected chi connectivity index (χ2v) is 6.56. The number of ether oxygens (including phenoxy) is 3. The summed E-state index contributed by atoms with van der Waals surface area (Å²) < 4.78 is 42.6. The van der Waals surface area contributed by atoms with Crippen molar-refractivity contribution in [1.82, 2.24) is 14.6 Å². The van der Waals surface area contributed by atoms with Gasteiger partial charge in [-0.2, -0.15) is 8.78 Å². The molecule has 0 spiro atoms. The van der Waals surface area contributed by atoms with Gasteiger partial charge in [0.1, 0.15) is 17.2 Å². The van der Waals surface area contributed by atoms with E-state index in [1.807, 2.05) is 0 Å². The van der Waals surface area contributed by atoms with Gasteiger partial charge in [0.05, 0.1) is 31.4 Å². The molecule has 2 atom stereocenters. The maximum atomic E-state index is 12.9. The molecular weight excluding hydrogens is 386 g/mol. The van der Waals surface area contributed by atoms with Crippen LogP contribution in [0.4, 0.5) is 14.7 Å². The smallest absolute Gasteiger partial charge is 0.387 e. The number of aromatic nitrogens is 3. The van der Waals surface area contributed by atoms with E-state index in [-0.39, 0.29) is 18.4 Å². The highest BCUT2D eigenvalue weighted by molar-refractivity contribution is 5.81. The molecule has 3 heterocycles. The molecule has 1 aliphatic heterocycles. The van der Waals surface area contributed by atoms with E-state index in [1.165, 1.54) is 13.2 Å². The fourth-order valence-electron chi connectivity index (χ4n) is 3.32. The molecule has 154 valence electrons. The maximum absolute atomic E-state index is 12.9. The predicted molar refractivity (Wildman–Crippen MR) is 100 cm³/mol. The third-order valence-corrected chi connectivity index (χ3v) is 4.77. The Kier molecular flexibility index (Phi) is 5.45. The summed E-state index contributed by atoms with van der Waals surface area (Å²) in [5, 5.41) is 21.8. The van der Waals surface area contributed by atoms with Crippen LogP contribution in [-0.2, 0) is 4.74 Å². The van der Waals surface area contributed by atoms with Crippen molar-refractivity contribution in [1.29, 1.82) is 0 Å². The van der Waals surface area contributed by atoms with Crippen LogP contribution < -0.4 is 14.8 Å². The highest BCUT2D eigenvalue weighted by Crippen LogP contribution is 2.36. The van der Waals surface area contributed by atoms with Crippen molar-refractivity contribution in [3.63, 3.8) is 0 Å². The average Bonchev–Trinajstić information content (AvgIpc) is 3.20. The van der Waals surface area contributed by atoms with Crippen molar-refractivity contribution in [2.24, 2.45) is 0 Å². The van der Waals surface area contributed by atoms with Crippen LogP contribution in [0, 0.1) is 0 Å². The van der Waals surface area contributed by atoms with E-state index in [4.69, 9.17) is 9.47 Å². The van der Waals surface area contributed by atoms with Crippen LogP contribution in [0.1, 0.15) is 6.42 Å². The van der Waals surface area contributed by atoms with E-state index in [0.717, 1.165) is 0 Å². The van der Waals surface area contributed by atoms with E-state index in [9.17, 15) is 13.9 Å². The van der Waals surface area contributed by atoms with Gasteiger partial charge < -0.3 is 24.6 Å². The van der Waals surface area contributed by atoms with Crippen molar-refractivity contribution >= 4 is 11.5 Å². The van der Waals surface area contributed by atoms with Crippen LogP contribution in [0.25, 0.3) is 16.8 Å². The average molecular weight is 406 g/mol. The van der Waals surface area contributed by atoms with Gasteiger partial charge in [0, 0.05) is 24.4 Å². The van der Waals surface area contributed by atoms with Gasteiger partial charge in [0.2, 0.25) is 5.95 Å². The number of benzene rings is 1. The molecule has 0 saturated carbocycles. The van der Waals surface area contributed by atoms with Crippen molar-refractivity contribution in [2.75, 3.05) is 25.6 Å². The summed E-state index contributed by atoms with van der Waals surface area (Å²) in [5.74, 6) is 0.761. The fraction of sp³-hybridized carbons (Fsp3) is 0.368. The summed E-state index contributed by atoms with van der Waals surface area (Å²) in [6.07, 6.45) is 1.74. The SMILES string of the molecule is COc1ccc(-c2nnc(N[C@@H]3CCOC[C@H]3O)n3cccc23)c(OC(F)F)c1. The zero-order valence-corrected chi connectivity index (χ0v) is 15.6. The zero-order chi connectivity index (χ0) is 20.4. The summed E-state index contributed by atoms with van der Waals surface area (Å²) in [6.45, 7) is -2.21. The minimum absolute atomic E-state index is 0.0580. The second-order valence-electron chi connectivity index (χ2n) is 6.56. The normalized spacial score (nSPS) is 19.5. The Bertz CT molecular complexity index is 997. The Morgan fingerprint density at radius 3 is 2.93 bits per heavy atom. The van der Waals surface area contributed by atoms with Crippen LogP contribution in [0.3, 0.4) is 0 Å².